The molecule has 3 heteroatoms. The fourth-order valence-corrected chi connectivity index (χ4v) is 2.38. The number of rotatable bonds is 7. The molecule has 1 aromatic rings. The second-order valence-corrected chi connectivity index (χ2v) is 5.78. The summed E-state index contributed by atoms with van der Waals surface area (Å²) >= 11 is 1.86. The first-order valence-corrected chi connectivity index (χ1v) is 6.81. The van der Waals surface area contributed by atoms with Crippen molar-refractivity contribution in [2.24, 2.45) is 5.92 Å². The van der Waals surface area contributed by atoms with Gasteiger partial charge < -0.3 is 10.1 Å². The predicted molar refractivity (Wildman–Crippen MR) is 71.0 cm³/mol. The number of ether oxygens (including phenoxy) is 1. The molecule has 0 spiro atoms. The Bertz CT molecular complexity index is 296. The molecule has 0 aliphatic carbocycles. The van der Waals surface area contributed by atoms with Gasteiger partial charge in [-0.2, -0.15) is 0 Å². The predicted octanol–water partition coefficient (Wildman–Crippen LogP) is 3.21. The molecule has 1 heterocycles. The van der Waals surface area contributed by atoms with E-state index in [4.69, 9.17) is 4.74 Å². The van der Waals surface area contributed by atoms with Gasteiger partial charge in [-0.15, -0.1) is 11.3 Å². The number of thiophene rings is 1. The quantitative estimate of drug-likeness (QED) is 0.791. The molecule has 0 bridgehead atoms. The maximum absolute atomic E-state index is 5.49. The molecule has 1 N–H and O–H groups in total. The summed E-state index contributed by atoms with van der Waals surface area (Å²) in [6.45, 7) is 11.2. The van der Waals surface area contributed by atoms with Crippen LogP contribution in [0.5, 0.6) is 0 Å². The summed E-state index contributed by atoms with van der Waals surface area (Å²) in [4.78, 5) is 2.78. The molecule has 0 aliphatic heterocycles. The van der Waals surface area contributed by atoms with E-state index < -0.39 is 0 Å². The van der Waals surface area contributed by atoms with Gasteiger partial charge in [0.15, 0.2) is 0 Å². The highest BCUT2D eigenvalue weighted by molar-refractivity contribution is 7.11. The molecule has 1 unspecified atom stereocenters. The Hall–Kier alpha value is -0.380. The highest BCUT2D eigenvalue weighted by Gasteiger charge is 2.12. The van der Waals surface area contributed by atoms with Gasteiger partial charge in [-0.3, -0.25) is 0 Å². The minimum Gasteiger partial charge on any atom is -0.380 e. The van der Waals surface area contributed by atoms with Crippen molar-refractivity contribution >= 4 is 11.3 Å². The van der Waals surface area contributed by atoms with Gasteiger partial charge in [0.25, 0.3) is 0 Å². The van der Waals surface area contributed by atoms with Crippen molar-refractivity contribution in [2.75, 3.05) is 13.2 Å². The number of hydrogen-bond donors (Lipinski definition) is 1. The first kappa shape index (κ1) is 13.7. The molecule has 16 heavy (non-hydrogen) atoms. The number of nitrogens with one attached hydrogen (secondary N) is 1. The Kier molecular flexibility index (Phi) is 6.03. The van der Waals surface area contributed by atoms with Crippen molar-refractivity contribution in [3.8, 4) is 0 Å². The fraction of sp³-hybridized carbons (Fsp3) is 0.692. The molecule has 1 rings (SSSR count). The largest absolute Gasteiger partial charge is 0.380 e. The summed E-state index contributed by atoms with van der Waals surface area (Å²) in [6, 6.07) is 4.82. The van der Waals surface area contributed by atoms with Crippen LogP contribution in [-0.4, -0.2) is 19.3 Å². The van der Waals surface area contributed by atoms with Crippen molar-refractivity contribution < 1.29 is 4.74 Å². The van der Waals surface area contributed by atoms with E-state index in [9.17, 15) is 0 Å². The maximum Gasteiger partial charge on any atom is 0.0622 e. The normalized spacial score (nSPS) is 13.3. The summed E-state index contributed by atoms with van der Waals surface area (Å²) in [6.07, 6.45) is 0. The van der Waals surface area contributed by atoms with Gasteiger partial charge in [0.2, 0.25) is 0 Å². The van der Waals surface area contributed by atoms with Crippen LogP contribution in [0.25, 0.3) is 0 Å². The monoisotopic (exact) mass is 241 g/mol. The minimum absolute atomic E-state index is 0.447. The Morgan fingerprint density at radius 2 is 2.12 bits per heavy atom. The molecule has 0 aromatic carbocycles. The summed E-state index contributed by atoms with van der Waals surface area (Å²) in [5, 5.41) is 3.57. The average molecular weight is 241 g/mol. The Balaban J connectivity index is 2.37. The highest BCUT2D eigenvalue weighted by atomic mass is 32.1. The van der Waals surface area contributed by atoms with E-state index in [1.54, 1.807) is 0 Å². The van der Waals surface area contributed by atoms with Gasteiger partial charge in [-0.05, 0) is 31.9 Å². The lowest BCUT2D eigenvalue weighted by atomic mass is 10.1. The Morgan fingerprint density at radius 1 is 1.38 bits per heavy atom. The topological polar surface area (TPSA) is 21.3 Å². The van der Waals surface area contributed by atoms with Crippen molar-refractivity contribution in [1.82, 2.24) is 5.32 Å². The van der Waals surface area contributed by atoms with Crippen LogP contribution in [-0.2, 0) is 11.3 Å². The summed E-state index contributed by atoms with van der Waals surface area (Å²) in [5.41, 5.74) is 0. The van der Waals surface area contributed by atoms with Gasteiger partial charge in [-0.1, -0.05) is 13.8 Å². The first-order chi connectivity index (χ1) is 7.63. The van der Waals surface area contributed by atoms with Crippen LogP contribution in [0.3, 0.4) is 0 Å². The van der Waals surface area contributed by atoms with Crippen LogP contribution in [0.4, 0.5) is 0 Å². The van der Waals surface area contributed by atoms with Gasteiger partial charge >= 0.3 is 0 Å². The molecular weight excluding hydrogens is 218 g/mol. The van der Waals surface area contributed by atoms with Crippen LogP contribution >= 0.6 is 11.3 Å². The van der Waals surface area contributed by atoms with Crippen molar-refractivity contribution in [2.45, 2.75) is 40.3 Å². The summed E-state index contributed by atoms with van der Waals surface area (Å²) in [7, 11) is 0. The van der Waals surface area contributed by atoms with Crippen LogP contribution in [0.15, 0.2) is 12.1 Å². The third-order valence-electron chi connectivity index (χ3n) is 2.64. The summed E-state index contributed by atoms with van der Waals surface area (Å²) < 4.78 is 5.49. The van der Waals surface area contributed by atoms with Gasteiger partial charge in [0, 0.05) is 28.9 Å². The number of aryl methyl sites for hydroxylation is 1. The fourth-order valence-electron chi connectivity index (χ4n) is 1.54. The minimum atomic E-state index is 0.447. The zero-order valence-electron chi connectivity index (χ0n) is 10.7. The molecule has 1 aromatic heterocycles. The van der Waals surface area contributed by atoms with Crippen LogP contribution in [0, 0.1) is 12.8 Å². The van der Waals surface area contributed by atoms with Crippen molar-refractivity contribution in [1.29, 1.82) is 0 Å². The van der Waals surface area contributed by atoms with E-state index in [-0.39, 0.29) is 0 Å². The molecule has 0 amide bonds. The molecular formula is C13H23NOS. The standard InChI is InChI=1S/C13H23NOS/c1-5-15-9-13(10(2)3)14-8-12-7-6-11(4)16-12/h6-7,10,13-14H,5,8-9H2,1-4H3. The lowest BCUT2D eigenvalue weighted by Gasteiger charge is -2.21. The SMILES string of the molecule is CCOCC(NCc1ccc(C)s1)C(C)C. The lowest BCUT2D eigenvalue weighted by Crippen LogP contribution is -2.37. The van der Waals surface area contributed by atoms with E-state index in [1.165, 1.54) is 9.75 Å². The van der Waals surface area contributed by atoms with Crippen LogP contribution < -0.4 is 5.32 Å². The zero-order chi connectivity index (χ0) is 12.0. The molecule has 0 fully saturated rings. The third kappa shape index (κ3) is 4.64. The van der Waals surface area contributed by atoms with E-state index in [2.05, 4.69) is 38.2 Å². The van der Waals surface area contributed by atoms with Crippen LogP contribution in [0.1, 0.15) is 30.5 Å². The second-order valence-electron chi connectivity index (χ2n) is 4.40. The van der Waals surface area contributed by atoms with Crippen LogP contribution in [0.2, 0.25) is 0 Å². The van der Waals surface area contributed by atoms with Gasteiger partial charge in [-0.25, -0.2) is 0 Å². The van der Waals surface area contributed by atoms with Gasteiger partial charge in [0.1, 0.15) is 0 Å². The third-order valence-corrected chi connectivity index (χ3v) is 3.64. The Morgan fingerprint density at radius 3 is 2.62 bits per heavy atom. The van der Waals surface area contributed by atoms with E-state index in [1.807, 2.05) is 18.3 Å². The maximum atomic E-state index is 5.49. The first-order valence-electron chi connectivity index (χ1n) is 6.00. The zero-order valence-corrected chi connectivity index (χ0v) is 11.6. The van der Waals surface area contributed by atoms with E-state index >= 15 is 0 Å². The van der Waals surface area contributed by atoms with Crippen molar-refractivity contribution in [3.63, 3.8) is 0 Å². The number of hydrogen-bond acceptors (Lipinski definition) is 3. The molecule has 2 nitrogen and oxygen atoms in total. The molecule has 1 atom stereocenters. The second kappa shape index (κ2) is 7.05. The molecule has 0 radical (unpaired) electrons. The molecule has 92 valence electrons. The van der Waals surface area contributed by atoms with Gasteiger partial charge in [0.05, 0.1) is 6.61 Å². The molecule has 0 aliphatic rings. The van der Waals surface area contributed by atoms with Crippen molar-refractivity contribution in [3.05, 3.63) is 21.9 Å². The van der Waals surface area contributed by atoms with E-state index in [0.29, 0.717) is 12.0 Å². The highest BCUT2D eigenvalue weighted by Crippen LogP contribution is 2.15. The molecule has 0 saturated carbocycles. The lowest BCUT2D eigenvalue weighted by molar-refractivity contribution is 0.108. The molecule has 0 saturated heterocycles. The Labute approximate surface area is 103 Å². The average Bonchev–Trinajstić information content (AvgIpc) is 2.64. The summed E-state index contributed by atoms with van der Waals surface area (Å²) in [5.74, 6) is 0.604. The smallest absolute Gasteiger partial charge is 0.0622 e. The van der Waals surface area contributed by atoms with E-state index in [0.717, 1.165) is 19.8 Å².